The summed E-state index contributed by atoms with van der Waals surface area (Å²) in [5.74, 6) is 4.97. The van der Waals surface area contributed by atoms with Crippen LogP contribution in [0.3, 0.4) is 0 Å². The summed E-state index contributed by atoms with van der Waals surface area (Å²) in [6, 6.07) is 47.6. The Hall–Kier alpha value is -13.5. The van der Waals surface area contributed by atoms with Gasteiger partial charge < -0.3 is 64.5 Å². The molecule has 2 amide bonds. The average molecular weight is 1770 g/mol. The fraction of sp³-hybridized carbons (Fsp3) is 0.388. The number of aromatic nitrogens is 14. The van der Waals surface area contributed by atoms with Crippen LogP contribution in [0, 0.1) is 18.8 Å². The Balaban J connectivity index is 0.000000148. The van der Waals surface area contributed by atoms with E-state index in [1.807, 2.05) is 152 Å². The van der Waals surface area contributed by atoms with Crippen LogP contribution in [0.5, 0.6) is 0 Å². The Morgan fingerprint density at radius 3 is 1.21 bits per heavy atom. The SMILES string of the molecule is CC(C)CN(c1cc(C(=O)Cc2ccc3[nH]ccc3c2)ncn1)C1CCCC1.CCCN(CC1CC1)c1cc(C(=O)Nc2cc3cc[nH]c3cc2C)ncn1.CCCN(CCC)c1cc(C(=O)Cc2ccc(CC)cc2)ncn1.CCCN(CCC)c1cc(C(=O)Cc2ccc3[nH]ccc3c2)ncn1.COCCN(CCOC)c1cc(C(=O)Nc2ccc3[nH]ccc3c2)ncn1. The van der Waals surface area contributed by atoms with Crippen LogP contribution in [0.2, 0.25) is 0 Å². The van der Waals surface area contributed by atoms with Gasteiger partial charge in [-0.25, -0.2) is 49.8 Å². The first-order valence-corrected chi connectivity index (χ1v) is 46.2. The smallest absolute Gasteiger partial charge is 0.274 e. The van der Waals surface area contributed by atoms with Crippen molar-refractivity contribution in [1.82, 2.24) is 69.8 Å². The number of ketones is 3. The molecule has 9 aromatic heterocycles. The first kappa shape index (κ1) is 96.6. The van der Waals surface area contributed by atoms with Crippen molar-refractivity contribution in [2.24, 2.45) is 11.8 Å². The summed E-state index contributed by atoms with van der Waals surface area (Å²) in [5, 5.41) is 10.2. The molecule has 2 fully saturated rings. The highest BCUT2D eigenvalue weighted by Gasteiger charge is 2.28. The fourth-order valence-electron chi connectivity index (χ4n) is 16.0. The first-order valence-electron chi connectivity index (χ1n) is 46.2. The third-order valence-electron chi connectivity index (χ3n) is 23.0. The number of hydrogen-bond donors (Lipinski definition) is 6. The van der Waals surface area contributed by atoms with Gasteiger partial charge in [-0.05, 0) is 200 Å². The van der Waals surface area contributed by atoms with Crippen molar-refractivity contribution in [2.75, 3.05) is 121 Å². The highest BCUT2D eigenvalue weighted by molar-refractivity contribution is 6.06. The molecule has 0 saturated heterocycles. The molecule has 0 radical (unpaired) electrons. The van der Waals surface area contributed by atoms with Gasteiger partial charge in [-0.3, -0.25) is 24.0 Å². The molecule has 0 aliphatic heterocycles. The van der Waals surface area contributed by atoms with Crippen LogP contribution < -0.4 is 35.1 Å². The number of H-pyrrole nitrogens is 4. The second-order valence-corrected chi connectivity index (χ2v) is 33.8. The molecule has 5 aromatic carbocycles. The summed E-state index contributed by atoms with van der Waals surface area (Å²) < 4.78 is 10.3. The van der Waals surface area contributed by atoms with Gasteiger partial charge in [-0.2, -0.15) is 0 Å². The Morgan fingerprint density at radius 1 is 0.389 bits per heavy atom. The number of Topliss-reactive ketones (excluding diaryl/α,β-unsaturated/α-hetero) is 3. The second-order valence-electron chi connectivity index (χ2n) is 33.8. The summed E-state index contributed by atoms with van der Waals surface area (Å²) in [6.07, 6.45) is 29.9. The van der Waals surface area contributed by atoms with Crippen molar-refractivity contribution in [3.8, 4) is 0 Å². The van der Waals surface area contributed by atoms with Crippen molar-refractivity contribution < 1.29 is 33.4 Å². The second kappa shape index (κ2) is 49.3. The molecule has 0 bridgehead atoms. The van der Waals surface area contributed by atoms with Gasteiger partial charge >= 0.3 is 0 Å². The predicted molar refractivity (Wildman–Crippen MR) is 525 cm³/mol. The lowest BCUT2D eigenvalue weighted by atomic mass is 10.0. The van der Waals surface area contributed by atoms with Gasteiger partial charge in [0.1, 0.15) is 89.2 Å². The Kier molecular flexibility index (Phi) is 36.4. The molecule has 6 N–H and O–H groups in total. The molecule has 28 heteroatoms. The highest BCUT2D eigenvalue weighted by atomic mass is 16.5. The largest absolute Gasteiger partial charge is 0.383 e. The molecule has 16 rings (SSSR count). The number of amides is 2. The van der Waals surface area contributed by atoms with E-state index in [2.05, 4.69) is 174 Å². The number of nitrogens with one attached hydrogen (secondary N) is 6. The van der Waals surface area contributed by atoms with E-state index < -0.39 is 0 Å². The summed E-state index contributed by atoms with van der Waals surface area (Å²) in [4.78, 5) is 130. The molecular weight excluding hydrogens is 1640 g/mol. The number of nitrogens with zero attached hydrogens (tertiary/aromatic N) is 15. The van der Waals surface area contributed by atoms with Gasteiger partial charge in [0.05, 0.1) is 13.2 Å². The zero-order valence-electron chi connectivity index (χ0n) is 77.7. The molecule has 0 spiro atoms. The maximum atomic E-state index is 12.9. The van der Waals surface area contributed by atoms with Crippen LogP contribution in [0.4, 0.5) is 40.5 Å². The quantitative estimate of drug-likeness (QED) is 0.0194. The number of hydrogen-bond acceptors (Lipinski definition) is 22. The van der Waals surface area contributed by atoms with Crippen LogP contribution >= 0.6 is 0 Å². The Bertz CT molecular complexity index is 5970. The minimum atomic E-state index is -0.285. The summed E-state index contributed by atoms with van der Waals surface area (Å²) >= 11 is 0. The lowest BCUT2D eigenvalue weighted by Crippen LogP contribution is -2.37. The number of ether oxygens (including phenoxy) is 2. The van der Waals surface area contributed by atoms with E-state index in [1.165, 1.54) is 69.4 Å². The van der Waals surface area contributed by atoms with Gasteiger partial charge in [0.2, 0.25) is 0 Å². The number of methoxy groups -OCH3 is 2. The highest BCUT2D eigenvalue weighted by Crippen LogP contribution is 2.33. The van der Waals surface area contributed by atoms with Gasteiger partial charge in [0.25, 0.3) is 11.8 Å². The van der Waals surface area contributed by atoms with Crippen molar-refractivity contribution in [3.05, 3.63) is 258 Å². The number of carbonyl (C=O) groups excluding carboxylic acids is 5. The van der Waals surface area contributed by atoms with E-state index in [4.69, 9.17) is 9.47 Å². The van der Waals surface area contributed by atoms with Crippen molar-refractivity contribution in [1.29, 1.82) is 0 Å². The number of rotatable bonds is 40. The van der Waals surface area contributed by atoms with Gasteiger partial charge in [0.15, 0.2) is 17.3 Å². The fourth-order valence-corrected chi connectivity index (χ4v) is 16.0. The van der Waals surface area contributed by atoms with E-state index >= 15 is 0 Å². The summed E-state index contributed by atoms with van der Waals surface area (Å²) in [6.45, 7) is 28.4. The molecule has 0 atom stereocenters. The number of anilines is 7. The summed E-state index contributed by atoms with van der Waals surface area (Å²) in [7, 11) is 3.29. The lowest BCUT2D eigenvalue weighted by molar-refractivity contribution is 0.0980. The third-order valence-corrected chi connectivity index (χ3v) is 23.0. The topological polar surface area (TPSA) is 336 Å². The molecule has 131 heavy (non-hydrogen) atoms. The zero-order chi connectivity index (χ0) is 92.4. The van der Waals surface area contributed by atoms with E-state index in [0.717, 1.165) is 185 Å². The van der Waals surface area contributed by atoms with E-state index in [9.17, 15) is 24.0 Å². The van der Waals surface area contributed by atoms with Crippen molar-refractivity contribution in [3.63, 3.8) is 0 Å². The van der Waals surface area contributed by atoms with Gasteiger partial charge in [0, 0.05) is 198 Å². The number of benzene rings is 5. The summed E-state index contributed by atoms with van der Waals surface area (Å²) in [5.41, 5.74) is 13.3. The molecule has 28 nitrogen and oxygen atoms in total. The third kappa shape index (κ3) is 28.3. The molecule has 14 aromatic rings. The predicted octanol–water partition coefficient (Wildman–Crippen LogP) is 19.3. The van der Waals surface area contributed by atoms with Crippen LogP contribution in [0.15, 0.2) is 202 Å². The number of aromatic amines is 4. The van der Waals surface area contributed by atoms with Crippen LogP contribution in [-0.2, 0) is 35.2 Å². The van der Waals surface area contributed by atoms with Crippen LogP contribution in [0.1, 0.15) is 206 Å². The Morgan fingerprint density at radius 2 is 0.763 bits per heavy atom. The van der Waals surface area contributed by atoms with Crippen molar-refractivity contribution in [2.45, 2.75) is 165 Å². The minimum absolute atomic E-state index is 0.0199. The Labute approximate surface area is 768 Å². The molecule has 2 aliphatic carbocycles. The zero-order valence-corrected chi connectivity index (χ0v) is 77.7. The van der Waals surface area contributed by atoms with Gasteiger partial charge in [-0.15, -0.1) is 0 Å². The maximum Gasteiger partial charge on any atom is 0.274 e. The standard InChI is InChI=1S/C23H28N4O.C21H25N5O.C20H24N4O.C20H27N3O.C19H23N5O3/c1-16(2)14-27(19-5-3-4-6-19)23-13-21(25-15-26-23)22(28)12-17-7-8-20-18(11-17)9-10-24-20;1-3-8-26(12-15-4-5-15)20-11-19(23-13-24-20)21(27)25-17-10-16-6-7-22-18(16)9-14(17)2;1-3-9-24(10-4-2)20-13-18(22-14-23-20)19(25)12-15-5-6-17-16(11-15)7-8-21-17;1-4-11-23(12-5-2)20-14-18(21-15-22-20)19(24)13-17-9-7-16(6-3)8-10-17;1-26-9-7-24(8-10-27-2)18-12-17(21-13-22-18)19(25)23-15-3-4-16-14(11-15)5-6-20-16/h7-11,13,15-16,19,24H,3-6,12,14H2,1-2H3;6-7,9-11,13,15,22H,3-5,8,12H2,1-2H3,(H,25,27);5-8,11,13-14,21H,3-4,9-10,12H2,1-2H3;7-10,14-15H,4-6,11-13H2,1-3H3;3-6,11-13,20H,7-10H2,1-2H3,(H,23,25). The number of aryl methyl sites for hydroxylation is 2. The number of carbonyl (C=O) groups is 5. The van der Waals surface area contributed by atoms with E-state index in [0.29, 0.717) is 97.5 Å². The van der Waals surface area contributed by atoms with Crippen molar-refractivity contribution >= 4 is 113 Å². The molecule has 9 heterocycles. The molecule has 2 saturated carbocycles. The van der Waals surface area contributed by atoms with E-state index in [-0.39, 0.29) is 29.2 Å². The lowest BCUT2D eigenvalue weighted by Gasteiger charge is -2.31. The van der Waals surface area contributed by atoms with Gasteiger partial charge in [-0.1, -0.05) is 105 Å². The molecule has 0 unspecified atom stereocenters. The van der Waals surface area contributed by atoms with E-state index in [1.54, 1.807) is 32.7 Å². The monoisotopic (exact) mass is 1770 g/mol. The minimum Gasteiger partial charge on any atom is -0.383 e. The number of fused-ring (bicyclic) bond motifs is 4. The molecule has 686 valence electrons. The normalized spacial score (nSPS) is 12.3. The maximum absolute atomic E-state index is 12.9. The average Bonchev–Trinajstić information content (AvgIpc) is 1.64. The first-order chi connectivity index (χ1) is 63.8. The molecular formula is C103H127N21O7. The van der Waals surface area contributed by atoms with Crippen LogP contribution in [0.25, 0.3) is 43.6 Å². The molecule has 2 aliphatic rings. The van der Waals surface area contributed by atoms with Crippen LogP contribution in [-0.4, -0.2) is 191 Å².